The molecule has 0 bridgehead atoms. The first-order valence-corrected chi connectivity index (χ1v) is 13.0. The van der Waals surface area contributed by atoms with Crippen molar-refractivity contribution in [3.05, 3.63) is 87.7 Å². The first kappa shape index (κ1) is 27.7. The minimum Gasteiger partial charge on any atom is -0.493 e. The van der Waals surface area contributed by atoms with Gasteiger partial charge < -0.3 is 14.8 Å². The highest BCUT2D eigenvalue weighted by atomic mass is 35.5. The Hall–Kier alpha value is -2.85. The van der Waals surface area contributed by atoms with E-state index >= 15 is 0 Å². The Morgan fingerprint density at radius 3 is 2.31 bits per heavy atom. The van der Waals surface area contributed by atoms with Gasteiger partial charge in [0.25, 0.3) is 0 Å². The van der Waals surface area contributed by atoms with Gasteiger partial charge in [-0.05, 0) is 61.0 Å². The molecule has 1 amide bonds. The lowest BCUT2D eigenvalue weighted by Crippen LogP contribution is -2.41. The lowest BCUT2D eigenvalue weighted by molar-refractivity contribution is -0.122. The molecule has 3 rings (SSSR count). The quantitative estimate of drug-likeness (QED) is 0.371. The van der Waals surface area contributed by atoms with Gasteiger partial charge in [-0.1, -0.05) is 35.3 Å². The van der Waals surface area contributed by atoms with Gasteiger partial charge in [-0.15, -0.1) is 0 Å². The lowest BCUT2D eigenvalue weighted by Gasteiger charge is -2.24. The molecular formula is C25H25Cl2FN2O5S. The molecular weight excluding hydrogens is 530 g/mol. The molecule has 0 aliphatic carbocycles. The zero-order valence-corrected chi connectivity index (χ0v) is 22.1. The van der Waals surface area contributed by atoms with E-state index in [1.54, 1.807) is 25.1 Å². The second-order valence-corrected chi connectivity index (χ2v) is 10.6. The van der Waals surface area contributed by atoms with E-state index in [-0.39, 0.29) is 15.5 Å². The van der Waals surface area contributed by atoms with Gasteiger partial charge in [-0.25, -0.2) is 12.8 Å². The summed E-state index contributed by atoms with van der Waals surface area (Å²) in [6.07, 6.45) is 0. The zero-order chi connectivity index (χ0) is 26.5. The largest absolute Gasteiger partial charge is 0.493 e. The van der Waals surface area contributed by atoms with Crippen molar-refractivity contribution in [3.63, 3.8) is 0 Å². The molecule has 1 atom stereocenters. The maximum Gasteiger partial charge on any atom is 0.243 e. The van der Waals surface area contributed by atoms with Crippen LogP contribution in [-0.4, -0.2) is 39.4 Å². The molecule has 7 nitrogen and oxygen atoms in total. The van der Waals surface area contributed by atoms with Gasteiger partial charge >= 0.3 is 0 Å². The molecule has 0 aliphatic heterocycles. The molecule has 11 heteroatoms. The zero-order valence-electron chi connectivity index (χ0n) is 19.8. The van der Waals surface area contributed by atoms with Crippen LogP contribution in [0.15, 0.2) is 65.6 Å². The number of ether oxygens (including phenoxy) is 2. The second kappa shape index (κ2) is 11.9. The third-order valence-electron chi connectivity index (χ3n) is 5.45. The fourth-order valence-corrected chi connectivity index (χ4v) is 5.21. The van der Waals surface area contributed by atoms with Gasteiger partial charge in [-0.2, -0.15) is 4.31 Å². The van der Waals surface area contributed by atoms with Crippen LogP contribution in [0.2, 0.25) is 10.0 Å². The van der Waals surface area contributed by atoms with Gasteiger partial charge in [0.1, 0.15) is 5.82 Å². The van der Waals surface area contributed by atoms with E-state index in [1.807, 2.05) is 0 Å². The molecule has 192 valence electrons. The van der Waals surface area contributed by atoms with Crippen LogP contribution in [-0.2, 0) is 21.4 Å². The van der Waals surface area contributed by atoms with Crippen molar-refractivity contribution in [2.75, 3.05) is 20.8 Å². The van der Waals surface area contributed by atoms with E-state index in [0.717, 1.165) is 4.31 Å². The molecule has 3 aromatic rings. The summed E-state index contributed by atoms with van der Waals surface area (Å²) in [5.74, 6) is -0.265. The third kappa shape index (κ3) is 6.47. The summed E-state index contributed by atoms with van der Waals surface area (Å²) < 4.78 is 52.8. The molecule has 0 saturated heterocycles. The third-order valence-corrected chi connectivity index (χ3v) is 7.86. The number of hydrogen-bond donors (Lipinski definition) is 1. The standard InChI is InChI=1S/C25H25Cl2FN2O5S/c1-16(17-7-12-23(34-2)24(13-17)35-3)29-25(31)15-30(14-20-21(27)5-4-6-22(20)28)36(32,33)19-10-8-18(26)9-11-19/h4-13,16H,14-15H2,1-3H3,(H,29,31)/t16-/m0/s1. The molecule has 1 N–H and O–H groups in total. The van der Waals surface area contributed by atoms with Gasteiger partial charge in [0.15, 0.2) is 11.5 Å². The van der Waals surface area contributed by atoms with Crippen LogP contribution in [0.1, 0.15) is 24.1 Å². The monoisotopic (exact) mass is 554 g/mol. The number of nitrogens with one attached hydrogen (secondary N) is 1. The predicted octanol–water partition coefficient (Wildman–Crippen LogP) is 5.22. The Kier molecular flexibility index (Phi) is 9.19. The molecule has 0 fully saturated rings. The maximum atomic E-state index is 14.5. The predicted molar refractivity (Wildman–Crippen MR) is 137 cm³/mol. The molecule has 0 aliphatic rings. The second-order valence-electron chi connectivity index (χ2n) is 7.83. The average molecular weight is 555 g/mol. The summed E-state index contributed by atoms with van der Waals surface area (Å²) in [5.41, 5.74) is 0.669. The Morgan fingerprint density at radius 1 is 1.03 bits per heavy atom. The molecule has 0 saturated carbocycles. The van der Waals surface area contributed by atoms with E-state index in [2.05, 4.69) is 5.32 Å². The van der Waals surface area contributed by atoms with Crippen molar-refractivity contribution in [2.24, 2.45) is 0 Å². The molecule has 0 radical (unpaired) electrons. The van der Waals surface area contributed by atoms with Crippen LogP contribution in [0.4, 0.5) is 4.39 Å². The summed E-state index contributed by atoms with van der Waals surface area (Å²) in [5, 5.41) is 3.17. The van der Waals surface area contributed by atoms with Gasteiger partial charge in [0, 0.05) is 22.2 Å². The number of benzene rings is 3. The van der Waals surface area contributed by atoms with Crippen LogP contribution < -0.4 is 14.8 Å². The van der Waals surface area contributed by atoms with Crippen molar-refractivity contribution in [2.45, 2.75) is 24.4 Å². The lowest BCUT2D eigenvalue weighted by atomic mass is 10.1. The molecule has 0 unspecified atom stereocenters. The van der Waals surface area contributed by atoms with Crippen LogP contribution >= 0.6 is 23.2 Å². The summed E-state index contributed by atoms with van der Waals surface area (Å²) in [4.78, 5) is 12.9. The molecule has 0 aromatic heterocycles. The number of methoxy groups -OCH3 is 2. The van der Waals surface area contributed by atoms with Crippen molar-refractivity contribution >= 4 is 39.1 Å². The first-order valence-electron chi connectivity index (χ1n) is 10.8. The van der Waals surface area contributed by atoms with Crippen molar-refractivity contribution in [3.8, 4) is 11.5 Å². The molecule has 0 spiro atoms. The molecule has 36 heavy (non-hydrogen) atoms. The van der Waals surface area contributed by atoms with E-state index in [9.17, 15) is 17.6 Å². The number of carbonyl (C=O) groups excluding carboxylic acids is 1. The number of halogens is 3. The maximum absolute atomic E-state index is 14.5. The highest BCUT2D eigenvalue weighted by Crippen LogP contribution is 2.30. The summed E-state index contributed by atoms with van der Waals surface area (Å²) in [6, 6.07) is 14.2. The Morgan fingerprint density at radius 2 is 1.69 bits per heavy atom. The van der Waals surface area contributed by atoms with Gasteiger partial charge in [-0.3, -0.25) is 4.79 Å². The topological polar surface area (TPSA) is 84.9 Å². The van der Waals surface area contributed by atoms with Crippen LogP contribution in [0, 0.1) is 5.82 Å². The smallest absolute Gasteiger partial charge is 0.243 e. The average Bonchev–Trinajstić information content (AvgIpc) is 2.85. The van der Waals surface area contributed by atoms with Crippen molar-refractivity contribution in [1.82, 2.24) is 9.62 Å². The number of sulfonamides is 1. The summed E-state index contributed by atoms with van der Waals surface area (Å²) in [7, 11) is -1.20. The number of amides is 1. The van der Waals surface area contributed by atoms with Crippen LogP contribution in [0.25, 0.3) is 0 Å². The summed E-state index contributed by atoms with van der Waals surface area (Å²) in [6.45, 7) is 0.715. The van der Waals surface area contributed by atoms with Crippen molar-refractivity contribution < 1.29 is 27.1 Å². The number of hydrogen-bond acceptors (Lipinski definition) is 5. The number of carbonyl (C=O) groups is 1. The Labute approximate surface area is 219 Å². The number of nitrogens with zero attached hydrogens (tertiary/aromatic N) is 1. The molecule has 0 heterocycles. The van der Waals surface area contributed by atoms with Crippen molar-refractivity contribution in [1.29, 1.82) is 0 Å². The van der Waals surface area contributed by atoms with E-state index in [4.69, 9.17) is 32.7 Å². The fourth-order valence-electron chi connectivity index (χ4n) is 3.49. The Bertz CT molecular complexity index is 1320. The highest BCUT2D eigenvalue weighted by Gasteiger charge is 2.29. The van der Waals surface area contributed by atoms with E-state index in [1.165, 1.54) is 56.7 Å². The van der Waals surface area contributed by atoms with E-state index in [0.29, 0.717) is 22.1 Å². The Balaban J connectivity index is 1.88. The van der Waals surface area contributed by atoms with E-state index < -0.39 is 40.9 Å². The molecule has 3 aromatic carbocycles. The minimum atomic E-state index is -4.21. The number of rotatable bonds is 10. The highest BCUT2D eigenvalue weighted by molar-refractivity contribution is 7.89. The van der Waals surface area contributed by atoms with Crippen LogP contribution in [0.3, 0.4) is 0 Å². The summed E-state index contributed by atoms with van der Waals surface area (Å²) >= 11 is 12.0. The fraction of sp³-hybridized carbons (Fsp3) is 0.240. The van der Waals surface area contributed by atoms with Gasteiger partial charge in [0.05, 0.1) is 31.7 Å². The van der Waals surface area contributed by atoms with Crippen LogP contribution in [0.5, 0.6) is 11.5 Å². The minimum absolute atomic E-state index is 0.0440. The van der Waals surface area contributed by atoms with Gasteiger partial charge in [0.2, 0.25) is 15.9 Å². The normalized spacial score (nSPS) is 12.3. The first-order chi connectivity index (χ1) is 17.1. The SMILES string of the molecule is COc1ccc([C@H](C)NC(=O)CN(Cc2c(F)cccc2Cl)S(=O)(=O)c2ccc(Cl)cc2)cc1OC.